The molecule has 142 valence electrons. The molecule has 0 radical (unpaired) electrons. The van der Waals surface area contributed by atoms with Gasteiger partial charge < -0.3 is 15.4 Å². The number of carbonyl (C=O) groups excluding carboxylic acids is 1. The Kier molecular flexibility index (Phi) is 8.36. The minimum Gasteiger partial charge on any atom is -0.465 e. The van der Waals surface area contributed by atoms with Crippen LogP contribution in [0.4, 0.5) is 0 Å². The Balaban J connectivity index is 0.00000243. The fraction of sp³-hybridized carbons (Fsp3) is 0.476. The molecule has 1 saturated heterocycles. The molecule has 1 heterocycles. The lowest BCUT2D eigenvalue weighted by atomic mass is 9.97. The summed E-state index contributed by atoms with van der Waals surface area (Å²) in [5.74, 6) is 0.428. The summed E-state index contributed by atoms with van der Waals surface area (Å²) in [4.78, 5) is 12.5. The van der Waals surface area contributed by atoms with Crippen LogP contribution in [-0.2, 0) is 16.0 Å². The SMILES string of the molecule is CCOC(=O)C(Cc1cccc2ccccc12)NCC1CCCNC1.Cl. The number of fused-ring (bicyclic) bond motifs is 1. The Hall–Kier alpha value is -1.62. The fourth-order valence-corrected chi connectivity index (χ4v) is 3.58. The number of halogens is 1. The minimum absolute atomic E-state index is 0. The number of hydrogen-bond acceptors (Lipinski definition) is 4. The van der Waals surface area contributed by atoms with Gasteiger partial charge in [-0.15, -0.1) is 12.4 Å². The van der Waals surface area contributed by atoms with Crippen molar-refractivity contribution in [2.45, 2.75) is 32.2 Å². The second kappa shape index (κ2) is 10.5. The highest BCUT2D eigenvalue weighted by atomic mass is 35.5. The lowest BCUT2D eigenvalue weighted by molar-refractivity contribution is -0.145. The van der Waals surface area contributed by atoms with Crippen LogP contribution in [0, 0.1) is 5.92 Å². The molecule has 1 aliphatic heterocycles. The van der Waals surface area contributed by atoms with Crippen molar-refractivity contribution in [3.05, 3.63) is 48.0 Å². The molecular weight excluding hydrogens is 348 g/mol. The third-order valence-electron chi connectivity index (χ3n) is 4.93. The standard InChI is InChI=1S/C21H28N2O2.ClH/c1-2-25-21(24)20(23-15-16-7-6-12-22-14-16)13-18-10-5-9-17-8-3-4-11-19(17)18;/h3-5,8-11,16,20,22-23H,2,6-7,12-15H2,1H3;1H. The van der Waals surface area contributed by atoms with E-state index in [1.165, 1.54) is 29.2 Å². The normalized spacial score (nSPS) is 18.1. The predicted octanol–water partition coefficient (Wildman–Crippen LogP) is 3.33. The summed E-state index contributed by atoms with van der Waals surface area (Å²) in [7, 11) is 0. The molecule has 0 saturated carbocycles. The van der Waals surface area contributed by atoms with E-state index in [0.29, 0.717) is 18.9 Å². The van der Waals surface area contributed by atoms with Crippen LogP contribution in [0.1, 0.15) is 25.3 Å². The molecule has 5 heteroatoms. The molecule has 26 heavy (non-hydrogen) atoms. The van der Waals surface area contributed by atoms with Gasteiger partial charge >= 0.3 is 5.97 Å². The maximum atomic E-state index is 12.5. The number of ether oxygens (including phenoxy) is 1. The summed E-state index contributed by atoms with van der Waals surface area (Å²) in [5, 5.41) is 9.32. The van der Waals surface area contributed by atoms with Crippen molar-refractivity contribution in [1.29, 1.82) is 0 Å². The maximum absolute atomic E-state index is 12.5. The topological polar surface area (TPSA) is 50.4 Å². The monoisotopic (exact) mass is 376 g/mol. The van der Waals surface area contributed by atoms with Crippen LogP contribution in [0.25, 0.3) is 10.8 Å². The molecule has 2 aromatic carbocycles. The first-order valence-electron chi connectivity index (χ1n) is 9.35. The minimum atomic E-state index is -0.298. The van der Waals surface area contributed by atoms with E-state index in [9.17, 15) is 4.79 Å². The van der Waals surface area contributed by atoms with Crippen molar-refractivity contribution < 1.29 is 9.53 Å². The van der Waals surface area contributed by atoms with Gasteiger partial charge in [0.25, 0.3) is 0 Å². The molecule has 2 aromatic rings. The Morgan fingerprint density at radius 1 is 1.27 bits per heavy atom. The molecule has 2 atom stereocenters. The zero-order valence-corrected chi connectivity index (χ0v) is 16.2. The van der Waals surface area contributed by atoms with Gasteiger partial charge in [0.2, 0.25) is 0 Å². The number of rotatable bonds is 7. The van der Waals surface area contributed by atoms with Crippen molar-refractivity contribution in [3.63, 3.8) is 0 Å². The highest BCUT2D eigenvalue weighted by molar-refractivity contribution is 5.86. The zero-order valence-electron chi connectivity index (χ0n) is 15.4. The van der Waals surface area contributed by atoms with Gasteiger partial charge in [-0.2, -0.15) is 0 Å². The Morgan fingerprint density at radius 3 is 2.85 bits per heavy atom. The molecule has 2 unspecified atom stereocenters. The molecule has 0 aromatic heterocycles. The van der Waals surface area contributed by atoms with E-state index in [-0.39, 0.29) is 24.4 Å². The van der Waals surface area contributed by atoms with E-state index in [1.54, 1.807) is 0 Å². The van der Waals surface area contributed by atoms with Crippen LogP contribution in [-0.4, -0.2) is 38.3 Å². The number of carbonyl (C=O) groups is 1. The highest BCUT2D eigenvalue weighted by Gasteiger charge is 2.23. The van der Waals surface area contributed by atoms with E-state index in [1.807, 2.05) is 19.1 Å². The average molecular weight is 377 g/mol. The molecule has 2 N–H and O–H groups in total. The lowest BCUT2D eigenvalue weighted by Crippen LogP contribution is -2.45. The van der Waals surface area contributed by atoms with E-state index in [2.05, 4.69) is 41.0 Å². The molecule has 3 rings (SSSR count). The van der Waals surface area contributed by atoms with E-state index < -0.39 is 0 Å². The van der Waals surface area contributed by atoms with Gasteiger partial charge in [-0.25, -0.2) is 0 Å². The third-order valence-corrected chi connectivity index (χ3v) is 4.93. The third kappa shape index (κ3) is 5.44. The van der Waals surface area contributed by atoms with Crippen molar-refractivity contribution in [2.75, 3.05) is 26.2 Å². The van der Waals surface area contributed by atoms with E-state index in [0.717, 1.165) is 19.6 Å². The van der Waals surface area contributed by atoms with Gasteiger partial charge in [0.15, 0.2) is 0 Å². The first-order valence-corrected chi connectivity index (χ1v) is 9.35. The number of hydrogen-bond donors (Lipinski definition) is 2. The van der Waals surface area contributed by atoms with Gasteiger partial charge in [0.05, 0.1) is 6.61 Å². The number of piperidine rings is 1. The number of esters is 1. The van der Waals surface area contributed by atoms with Crippen LogP contribution in [0.2, 0.25) is 0 Å². The lowest BCUT2D eigenvalue weighted by Gasteiger charge is -2.25. The van der Waals surface area contributed by atoms with Gasteiger partial charge in [0.1, 0.15) is 6.04 Å². The van der Waals surface area contributed by atoms with E-state index >= 15 is 0 Å². The number of benzene rings is 2. The van der Waals surface area contributed by atoms with Gasteiger partial charge in [-0.3, -0.25) is 4.79 Å². The molecule has 0 bridgehead atoms. The molecule has 1 fully saturated rings. The van der Waals surface area contributed by atoms with Crippen molar-refractivity contribution >= 4 is 29.1 Å². The van der Waals surface area contributed by atoms with Crippen molar-refractivity contribution in [1.82, 2.24) is 10.6 Å². The molecular formula is C21H29ClN2O2. The quantitative estimate of drug-likeness (QED) is 0.728. The van der Waals surface area contributed by atoms with Crippen LogP contribution in [0.15, 0.2) is 42.5 Å². The zero-order chi connectivity index (χ0) is 17.5. The number of nitrogens with one attached hydrogen (secondary N) is 2. The van der Waals surface area contributed by atoms with Crippen molar-refractivity contribution in [3.8, 4) is 0 Å². The molecule has 4 nitrogen and oxygen atoms in total. The summed E-state index contributed by atoms with van der Waals surface area (Å²) >= 11 is 0. The second-order valence-electron chi connectivity index (χ2n) is 6.77. The van der Waals surface area contributed by atoms with Crippen LogP contribution in [0.3, 0.4) is 0 Å². The summed E-state index contributed by atoms with van der Waals surface area (Å²) in [6.45, 7) is 5.25. The van der Waals surface area contributed by atoms with Crippen LogP contribution in [0.5, 0.6) is 0 Å². The highest BCUT2D eigenvalue weighted by Crippen LogP contribution is 2.20. The van der Waals surface area contributed by atoms with Gasteiger partial charge in [-0.1, -0.05) is 42.5 Å². The molecule has 0 amide bonds. The summed E-state index contributed by atoms with van der Waals surface area (Å²) in [5.41, 5.74) is 1.19. The summed E-state index contributed by atoms with van der Waals surface area (Å²) < 4.78 is 5.31. The summed E-state index contributed by atoms with van der Waals surface area (Å²) in [6.07, 6.45) is 3.07. The second-order valence-corrected chi connectivity index (χ2v) is 6.77. The van der Waals surface area contributed by atoms with E-state index in [4.69, 9.17) is 4.74 Å². The van der Waals surface area contributed by atoms with Crippen LogP contribution < -0.4 is 10.6 Å². The van der Waals surface area contributed by atoms with Crippen LogP contribution >= 0.6 is 12.4 Å². The van der Waals surface area contributed by atoms with Gasteiger partial charge in [0, 0.05) is 0 Å². The van der Waals surface area contributed by atoms with Gasteiger partial charge in [-0.05, 0) is 68.1 Å². The predicted molar refractivity (Wildman–Crippen MR) is 109 cm³/mol. The Labute approximate surface area is 162 Å². The summed E-state index contributed by atoms with van der Waals surface area (Å²) in [6, 6.07) is 14.3. The fourth-order valence-electron chi connectivity index (χ4n) is 3.58. The molecule has 0 aliphatic carbocycles. The first-order chi connectivity index (χ1) is 12.3. The maximum Gasteiger partial charge on any atom is 0.323 e. The Bertz CT molecular complexity index is 696. The smallest absolute Gasteiger partial charge is 0.323 e. The molecule has 0 spiro atoms. The Morgan fingerprint density at radius 2 is 2.08 bits per heavy atom. The average Bonchev–Trinajstić information content (AvgIpc) is 2.66. The first kappa shape index (κ1) is 20.7. The van der Waals surface area contributed by atoms with Crippen molar-refractivity contribution in [2.24, 2.45) is 5.92 Å². The largest absolute Gasteiger partial charge is 0.465 e. The molecule has 1 aliphatic rings.